The summed E-state index contributed by atoms with van der Waals surface area (Å²) in [5, 5.41) is 8.92. The van der Waals surface area contributed by atoms with Gasteiger partial charge < -0.3 is 9.84 Å². The molecule has 0 bridgehead atoms. The number of aliphatic hydroxyl groups excluding tert-OH is 1. The van der Waals surface area contributed by atoms with Gasteiger partial charge in [0.1, 0.15) is 17.3 Å². The van der Waals surface area contributed by atoms with E-state index >= 15 is 0 Å². The quantitative estimate of drug-likeness (QED) is 0.845. The molecule has 1 unspecified atom stereocenters. The minimum atomic E-state index is -4.66. The summed E-state index contributed by atoms with van der Waals surface area (Å²) in [5.41, 5.74) is -0.476. The summed E-state index contributed by atoms with van der Waals surface area (Å²) in [4.78, 5) is 0. The van der Waals surface area contributed by atoms with Gasteiger partial charge in [0, 0.05) is 12.0 Å². The van der Waals surface area contributed by atoms with Crippen molar-refractivity contribution in [2.24, 2.45) is 5.92 Å². The third-order valence-corrected chi connectivity index (χ3v) is 3.24. The average Bonchev–Trinajstić information content (AvgIpc) is 2.42. The highest BCUT2D eigenvalue weighted by molar-refractivity contribution is 5.34. The molecule has 2 nitrogen and oxygen atoms in total. The van der Waals surface area contributed by atoms with Gasteiger partial charge in [0.05, 0.1) is 12.2 Å². The number of hydrogen-bond donors (Lipinski definition) is 1. The van der Waals surface area contributed by atoms with E-state index in [1.165, 1.54) is 0 Å². The number of rotatable bonds is 3. The summed E-state index contributed by atoms with van der Waals surface area (Å²) in [6.07, 6.45) is -4.32. The maximum Gasteiger partial charge on any atom is 0.415 e. The first kappa shape index (κ1) is 15.6. The molecule has 1 aromatic rings. The number of alkyl halides is 3. The molecule has 1 aliphatic rings. The third kappa shape index (κ3) is 3.64. The highest BCUT2D eigenvalue weighted by Gasteiger charge is 2.40. The molecule has 0 spiro atoms. The number of allylic oxidation sites excluding steroid dienone is 4. The van der Waals surface area contributed by atoms with Crippen molar-refractivity contribution in [3.63, 3.8) is 0 Å². The molecule has 0 aromatic heterocycles. The lowest BCUT2D eigenvalue weighted by atomic mass is 9.93. The van der Waals surface area contributed by atoms with Crippen LogP contribution in [-0.4, -0.2) is 11.3 Å². The SMILES string of the molecule is CC1CC(C(F)(F)F)=C(F)C=C1Oc1ccc(CO)cc1. The van der Waals surface area contributed by atoms with Crippen LogP contribution in [0.3, 0.4) is 0 Å². The summed E-state index contributed by atoms with van der Waals surface area (Å²) in [5.74, 6) is -1.34. The molecule has 0 fully saturated rings. The van der Waals surface area contributed by atoms with Crippen LogP contribution in [0.5, 0.6) is 5.75 Å². The van der Waals surface area contributed by atoms with Crippen molar-refractivity contribution >= 4 is 0 Å². The Morgan fingerprint density at radius 1 is 1.24 bits per heavy atom. The van der Waals surface area contributed by atoms with Crippen LogP contribution in [0.15, 0.2) is 47.5 Å². The lowest BCUT2D eigenvalue weighted by molar-refractivity contribution is -0.0972. The summed E-state index contributed by atoms with van der Waals surface area (Å²) in [6, 6.07) is 6.38. The van der Waals surface area contributed by atoms with E-state index in [4.69, 9.17) is 9.84 Å². The second kappa shape index (κ2) is 5.89. The number of ether oxygens (including phenoxy) is 1. The molecule has 0 saturated heterocycles. The number of aliphatic hydroxyl groups is 1. The maximum atomic E-state index is 13.6. The van der Waals surface area contributed by atoms with Gasteiger partial charge >= 0.3 is 6.18 Å². The van der Waals surface area contributed by atoms with E-state index in [0.717, 1.165) is 6.08 Å². The normalized spacial score (nSPS) is 19.5. The first-order valence-electron chi connectivity index (χ1n) is 6.36. The summed E-state index contributed by atoms with van der Waals surface area (Å²) >= 11 is 0. The fourth-order valence-corrected chi connectivity index (χ4v) is 2.04. The smallest absolute Gasteiger partial charge is 0.415 e. The van der Waals surface area contributed by atoms with E-state index in [-0.39, 0.29) is 12.4 Å². The summed E-state index contributed by atoms with van der Waals surface area (Å²) < 4.78 is 56.8. The zero-order chi connectivity index (χ0) is 15.6. The molecule has 0 saturated carbocycles. The van der Waals surface area contributed by atoms with Gasteiger partial charge in [-0.2, -0.15) is 13.2 Å². The molecule has 114 valence electrons. The van der Waals surface area contributed by atoms with Crippen molar-refractivity contribution in [3.8, 4) is 5.75 Å². The Morgan fingerprint density at radius 2 is 1.86 bits per heavy atom. The number of hydrogen-bond acceptors (Lipinski definition) is 2. The Kier molecular flexibility index (Phi) is 4.37. The summed E-state index contributed by atoms with van der Waals surface area (Å²) in [6.45, 7) is 1.43. The topological polar surface area (TPSA) is 29.5 Å². The summed E-state index contributed by atoms with van der Waals surface area (Å²) in [7, 11) is 0. The highest BCUT2D eigenvalue weighted by Crippen LogP contribution is 2.39. The van der Waals surface area contributed by atoms with Crippen molar-refractivity contribution in [1.82, 2.24) is 0 Å². The zero-order valence-corrected chi connectivity index (χ0v) is 11.2. The van der Waals surface area contributed by atoms with Crippen LogP contribution < -0.4 is 4.74 Å². The third-order valence-electron chi connectivity index (χ3n) is 3.24. The Hall–Kier alpha value is -1.82. The minimum Gasteiger partial charge on any atom is -0.461 e. The van der Waals surface area contributed by atoms with E-state index in [0.29, 0.717) is 11.3 Å². The molecule has 2 rings (SSSR count). The van der Waals surface area contributed by atoms with Crippen LogP contribution in [0.25, 0.3) is 0 Å². The van der Waals surface area contributed by atoms with Crippen LogP contribution in [0, 0.1) is 5.92 Å². The van der Waals surface area contributed by atoms with E-state index in [2.05, 4.69) is 0 Å². The van der Waals surface area contributed by atoms with E-state index < -0.39 is 29.9 Å². The molecule has 0 aliphatic heterocycles. The van der Waals surface area contributed by atoms with E-state index in [1.807, 2.05) is 0 Å². The van der Waals surface area contributed by atoms with Crippen molar-refractivity contribution < 1.29 is 27.4 Å². The Labute approximate surface area is 119 Å². The molecule has 0 amide bonds. The fourth-order valence-electron chi connectivity index (χ4n) is 2.04. The Morgan fingerprint density at radius 3 is 2.38 bits per heavy atom. The van der Waals surface area contributed by atoms with Crippen molar-refractivity contribution in [3.05, 3.63) is 53.1 Å². The molecular formula is C15H14F4O2. The second-order valence-electron chi connectivity index (χ2n) is 4.88. The van der Waals surface area contributed by atoms with Crippen LogP contribution in [0.1, 0.15) is 18.9 Å². The fraction of sp³-hybridized carbons (Fsp3) is 0.333. The first-order valence-corrected chi connectivity index (χ1v) is 6.36. The number of benzene rings is 1. The maximum absolute atomic E-state index is 13.6. The van der Waals surface area contributed by atoms with Gasteiger partial charge in [-0.1, -0.05) is 19.1 Å². The minimum absolute atomic E-state index is 0.119. The Bertz CT molecular complexity index is 570. The van der Waals surface area contributed by atoms with Gasteiger partial charge in [-0.05, 0) is 24.1 Å². The molecule has 1 aliphatic carbocycles. The Balaban J connectivity index is 2.21. The van der Waals surface area contributed by atoms with Gasteiger partial charge in [-0.15, -0.1) is 0 Å². The first-order chi connectivity index (χ1) is 9.81. The van der Waals surface area contributed by atoms with Gasteiger partial charge in [0.25, 0.3) is 0 Å². The largest absolute Gasteiger partial charge is 0.461 e. The lowest BCUT2D eigenvalue weighted by Gasteiger charge is -2.24. The zero-order valence-electron chi connectivity index (χ0n) is 11.2. The van der Waals surface area contributed by atoms with Crippen molar-refractivity contribution in [1.29, 1.82) is 0 Å². The van der Waals surface area contributed by atoms with Gasteiger partial charge in [-0.3, -0.25) is 0 Å². The molecule has 1 N–H and O–H groups in total. The molecule has 21 heavy (non-hydrogen) atoms. The van der Waals surface area contributed by atoms with Crippen LogP contribution in [0.2, 0.25) is 0 Å². The van der Waals surface area contributed by atoms with Crippen LogP contribution in [-0.2, 0) is 6.61 Å². The highest BCUT2D eigenvalue weighted by atomic mass is 19.4. The standard InChI is InChI=1S/C15H14F4O2/c1-9-6-12(15(17,18)19)13(16)7-14(9)21-11-4-2-10(8-20)3-5-11/h2-5,7,9,20H,6,8H2,1H3. The van der Waals surface area contributed by atoms with Crippen molar-refractivity contribution in [2.75, 3.05) is 0 Å². The average molecular weight is 302 g/mol. The molecule has 1 atom stereocenters. The van der Waals surface area contributed by atoms with Crippen molar-refractivity contribution in [2.45, 2.75) is 26.1 Å². The monoisotopic (exact) mass is 302 g/mol. The predicted octanol–water partition coefficient (Wildman–Crippen LogP) is 4.27. The molecular weight excluding hydrogens is 288 g/mol. The van der Waals surface area contributed by atoms with Gasteiger partial charge in [0.15, 0.2) is 0 Å². The van der Waals surface area contributed by atoms with Gasteiger partial charge in [-0.25, -0.2) is 4.39 Å². The second-order valence-corrected chi connectivity index (χ2v) is 4.88. The molecule has 6 heteroatoms. The molecule has 0 heterocycles. The molecule has 1 aromatic carbocycles. The molecule has 0 radical (unpaired) electrons. The predicted molar refractivity (Wildman–Crippen MR) is 69.0 cm³/mol. The lowest BCUT2D eigenvalue weighted by Crippen LogP contribution is -2.21. The van der Waals surface area contributed by atoms with Crippen LogP contribution >= 0.6 is 0 Å². The van der Waals surface area contributed by atoms with Crippen LogP contribution in [0.4, 0.5) is 17.6 Å². The van der Waals surface area contributed by atoms with E-state index in [9.17, 15) is 17.6 Å². The number of halogens is 4. The van der Waals surface area contributed by atoms with Gasteiger partial charge in [0.2, 0.25) is 0 Å². The van der Waals surface area contributed by atoms with E-state index in [1.54, 1.807) is 31.2 Å².